The van der Waals surface area contributed by atoms with Crippen molar-refractivity contribution in [2.45, 2.75) is 19.9 Å². The van der Waals surface area contributed by atoms with E-state index in [2.05, 4.69) is 20.5 Å². The maximum atomic E-state index is 4.28. The van der Waals surface area contributed by atoms with Crippen LogP contribution < -0.4 is 5.32 Å². The van der Waals surface area contributed by atoms with Crippen LogP contribution in [0.3, 0.4) is 0 Å². The first-order valence-electron chi connectivity index (χ1n) is 3.76. The molecule has 0 bridgehead atoms. The first-order chi connectivity index (χ1) is 5.36. The predicted molar refractivity (Wildman–Crippen MR) is 40.0 cm³/mol. The van der Waals surface area contributed by atoms with E-state index in [9.17, 15) is 0 Å². The molecule has 4 nitrogen and oxygen atoms in total. The van der Waals surface area contributed by atoms with Gasteiger partial charge in [0.25, 0.3) is 0 Å². The molecule has 11 heavy (non-hydrogen) atoms. The van der Waals surface area contributed by atoms with Crippen molar-refractivity contribution in [3.05, 3.63) is 17.2 Å². The first kappa shape index (κ1) is 6.67. The van der Waals surface area contributed by atoms with Gasteiger partial charge in [0.2, 0.25) is 0 Å². The molecular formula is C7H10N4. The molecule has 4 heteroatoms. The summed E-state index contributed by atoms with van der Waals surface area (Å²) in [5.74, 6) is 0.757. The molecule has 1 N–H and O–H groups in total. The van der Waals surface area contributed by atoms with Crippen LogP contribution in [-0.4, -0.2) is 21.7 Å². The van der Waals surface area contributed by atoms with E-state index in [4.69, 9.17) is 0 Å². The van der Waals surface area contributed by atoms with Crippen LogP contribution in [0.1, 0.15) is 17.2 Å². The Kier molecular flexibility index (Phi) is 1.54. The highest BCUT2D eigenvalue weighted by atomic mass is 15.2. The molecule has 1 aliphatic heterocycles. The van der Waals surface area contributed by atoms with Gasteiger partial charge in [-0.05, 0) is 6.92 Å². The number of nitrogens with one attached hydrogen (secondary N) is 1. The molecule has 0 fully saturated rings. The molecule has 2 rings (SSSR count). The van der Waals surface area contributed by atoms with Crippen molar-refractivity contribution in [3.8, 4) is 0 Å². The molecule has 0 aliphatic carbocycles. The highest BCUT2D eigenvalue weighted by Gasteiger charge is 2.11. The maximum Gasteiger partial charge on any atom is 0.148 e. The fourth-order valence-corrected chi connectivity index (χ4v) is 1.22. The van der Waals surface area contributed by atoms with Gasteiger partial charge in [0.05, 0.1) is 11.4 Å². The Morgan fingerprint density at radius 2 is 2.18 bits per heavy atom. The predicted octanol–water partition coefficient (Wildman–Crippen LogP) is -0.174. The van der Waals surface area contributed by atoms with E-state index < -0.39 is 0 Å². The lowest BCUT2D eigenvalue weighted by atomic mass is 10.2. The lowest BCUT2D eigenvalue weighted by Crippen LogP contribution is -2.26. The van der Waals surface area contributed by atoms with E-state index in [1.807, 2.05) is 6.92 Å². The molecule has 0 aromatic carbocycles. The molecule has 1 aromatic rings. The van der Waals surface area contributed by atoms with Crippen molar-refractivity contribution in [3.63, 3.8) is 0 Å². The van der Waals surface area contributed by atoms with Gasteiger partial charge < -0.3 is 5.32 Å². The Bertz CT molecular complexity index is 271. The second kappa shape index (κ2) is 2.54. The average molecular weight is 150 g/mol. The molecule has 0 radical (unpaired) electrons. The number of aromatic nitrogens is 3. The van der Waals surface area contributed by atoms with Gasteiger partial charge in [-0.1, -0.05) is 0 Å². The Labute approximate surface area is 65.1 Å². The summed E-state index contributed by atoms with van der Waals surface area (Å²) in [6.07, 6.45) is 0.954. The third kappa shape index (κ3) is 1.21. The minimum Gasteiger partial charge on any atom is -0.311 e. The summed E-state index contributed by atoms with van der Waals surface area (Å²) in [5, 5.41) is 11.2. The molecule has 2 heterocycles. The van der Waals surface area contributed by atoms with Crippen LogP contribution in [-0.2, 0) is 13.0 Å². The number of nitrogens with zero attached hydrogens (tertiary/aromatic N) is 3. The van der Waals surface area contributed by atoms with Gasteiger partial charge in [-0.25, -0.2) is 4.98 Å². The molecule has 1 aromatic heterocycles. The number of rotatable bonds is 0. The number of fused-ring (bicyclic) bond motifs is 1. The SMILES string of the molecule is Cc1nnc2c(n1)CNCC2. The minimum absolute atomic E-state index is 0.757. The normalized spacial score (nSPS) is 16.1. The van der Waals surface area contributed by atoms with E-state index in [1.54, 1.807) is 0 Å². The van der Waals surface area contributed by atoms with Crippen molar-refractivity contribution in [1.29, 1.82) is 0 Å². The average Bonchev–Trinajstić information content (AvgIpc) is 2.04. The van der Waals surface area contributed by atoms with Crippen molar-refractivity contribution in [2.24, 2.45) is 0 Å². The molecule has 0 saturated carbocycles. The molecular weight excluding hydrogens is 140 g/mol. The zero-order valence-electron chi connectivity index (χ0n) is 6.46. The second-order valence-corrected chi connectivity index (χ2v) is 2.68. The third-order valence-electron chi connectivity index (χ3n) is 1.78. The van der Waals surface area contributed by atoms with Crippen LogP contribution in [0.25, 0.3) is 0 Å². The number of aryl methyl sites for hydroxylation is 1. The smallest absolute Gasteiger partial charge is 0.148 e. The standard InChI is InChI=1S/C7H10N4/c1-5-9-7-4-8-3-2-6(7)11-10-5/h8H,2-4H2,1H3. The summed E-state index contributed by atoms with van der Waals surface area (Å²) in [6.45, 7) is 3.69. The number of hydrogen-bond donors (Lipinski definition) is 1. The van der Waals surface area contributed by atoms with Crippen LogP contribution in [0.15, 0.2) is 0 Å². The lowest BCUT2D eigenvalue weighted by Gasteiger charge is -2.13. The number of hydrogen-bond acceptors (Lipinski definition) is 4. The van der Waals surface area contributed by atoms with Gasteiger partial charge in [-0.2, -0.15) is 5.10 Å². The van der Waals surface area contributed by atoms with E-state index >= 15 is 0 Å². The van der Waals surface area contributed by atoms with Crippen LogP contribution >= 0.6 is 0 Å². The Morgan fingerprint density at radius 1 is 1.27 bits per heavy atom. The van der Waals surface area contributed by atoms with Gasteiger partial charge in [0.1, 0.15) is 5.82 Å². The highest BCUT2D eigenvalue weighted by Crippen LogP contribution is 2.05. The first-order valence-corrected chi connectivity index (χ1v) is 3.76. The van der Waals surface area contributed by atoms with Gasteiger partial charge >= 0.3 is 0 Å². The van der Waals surface area contributed by atoms with E-state index in [1.165, 1.54) is 0 Å². The Morgan fingerprint density at radius 3 is 3.09 bits per heavy atom. The van der Waals surface area contributed by atoms with Crippen molar-refractivity contribution < 1.29 is 0 Å². The second-order valence-electron chi connectivity index (χ2n) is 2.68. The summed E-state index contributed by atoms with van der Waals surface area (Å²) >= 11 is 0. The van der Waals surface area contributed by atoms with Crippen LogP contribution in [0, 0.1) is 6.92 Å². The van der Waals surface area contributed by atoms with E-state index in [0.29, 0.717) is 0 Å². The molecule has 0 unspecified atom stereocenters. The summed E-state index contributed by atoms with van der Waals surface area (Å²) in [5.41, 5.74) is 2.11. The Hall–Kier alpha value is -1.03. The molecule has 1 aliphatic rings. The molecule has 0 amide bonds. The van der Waals surface area contributed by atoms with Crippen molar-refractivity contribution >= 4 is 0 Å². The maximum absolute atomic E-state index is 4.28. The fraction of sp³-hybridized carbons (Fsp3) is 0.571. The minimum atomic E-state index is 0.757. The summed E-state index contributed by atoms with van der Waals surface area (Å²) in [4.78, 5) is 4.28. The monoisotopic (exact) mass is 150 g/mol. The Balaban J connectivity index is 2.43. The summed E-state index contributed by atoms with van der Waals surface area (Å²) in [6, 6.07) is 0. The molecule has 0 atom stereocenters. The van der Waals surface area contributed by atoms with Gasteiger partial charge in [0.15, 0.2) is 0 Å². The van der Waals surface area contributed by atoms with E-state index in [-0.39, 0.29) is 0 Å². The summed E-state index contributed by atoms with van der Waals surface area (Å²) in [7, 11) is 0. The largest absolute Gasteiger partial charge is 0.311 e. The van der Waals surface area contributed by atoms with Crippen molar-refractivity contribution in [2.75, 3.05) is 6.54 Å². The van der Waals surface area contributed by atoms with E-state index in [0.717, 1.165) is 36.7 Å². The van der Waals surface area contributed by atoms with Crippen LogP contribution in [0.4, 0.5) is 0 Å². The van der Waals surface area contributed by atoms with Crippen LogP contribution in [0.5, 0.6) is 0 Å². The third-order valence-corrected chi connectivity index (χ3v) is 1.78. The highest BCUT2D eigenvalue weighted by molar-refractivity contribution is 5.12. The molecule has 0 saturated heterocycles. The van der Waals surface area contributed by atoms with Crippen LogP contribution in [0.2, 0.25) is 0 Å². The fourth-order valence-electron chi connectivity index (χ4n) is 1.22. The van der Waals surface area contributed by atoms with Crippen molar-refractivity contribution in [1.82, 2.24) is 20.5 Å². The van der Waals surface area contributed by atoms with Gasteiger partial charge in [-0.15, -0.1) is 5.10 Å². The summed E-state index contributed by atoms with van der Waals surface area (Å²) < 4.78 is 0. The molecule has 58 valence electrons. The topological polar surface area (TPSA) is 50.7 Å². The zero-order chi connectivity index (χ0) is 7.68. The quantitative estimate of drug-likeness (QED) is 0.557. The zero-order valence-corrected chi connectivity index (χ0v) is 6.46. The van der Waals surface area contributed by atoms with Gasteiger partial charge in [0, 0.05) is 19.5 Å². The molecule has 0 spiro atoms. The van der Waals surface area contributed by atoms with Gasteiger partial charge in [-0.3, -0.25) is 0 Å². The lowest BCUT2D eigenvalue weighted by molar-refractivity contribution is 0.594.